The average molecular weight is 265 g/mol. The Balaban J connectivity index is 2.80. The standard InChI is InChI=1S/C13H19N3O3/c1-8(2)11(13(18)19)15-12(17)9-5-6-10(14-7-9)16(3)4/h5-8,11H,1-4H3,(H,15,17)(H,18,19). The van der Waals surface area contributed by atoms with Crippen molar-refractivity contribution in [2.75, 3.05) is 19.0 Å². The number of nitrogens with zero attached hydrogens (tertiary/aromatic N) is 2. The molecule has 0 aliphatic carbocycles. The summed E-state index contributed by atoms with van der Waals surface area (Å²) in [5.41, 5.74) is 0.345. The van der Waals surface area contributed by atoms with Crippen LogP contribution in [-0.2, 0) is 4.79 Å². The summed E-state index contributed by atoms with van der Waals surface area (Å²) in [4.78, 5) is 28.9. The van der Waals surface area contributed by atoms with E-state index in [9.17, 15) is 9.59 Å². The van der Waals surface area contributed by atoms with Crippen LogP contribution in [0.4, 0.5) is 5.82 Å². The number of aromatic nitrogens is 1. The lowest BCUT2D eigenvalue weighted by atomic mass is 10.0. The summed E-state index contributed by atoms with van der Waals surface area (Å²) in [6.07, 6.45) is 1.43. The molecule has 19 heavy (non-hydrogen) atoms. The van der Waals surface area contributed by atoms with Crippen molar-refractivity contribution < 1.29 is 14.7 Å². The Labute approximate surface area is 112 Å². The van der Waals surface area contributed by atoms with Gasteiger partial charge < -0.3 is 15.3 Å². The second kappa shape index (κ2) is 6.17. The molecule has 1 unspecified atom stereocenters. The van der Waals surface area contributed by atoms with Crippen LogP contribution < -0.4 is 10.2 Å². The number of hydrogen-bond acceptors (Lipinski definition) is 4. The van der Waals surface area contributed by atoms with Crippen LogP contribution in [0.3, 0.4) is 0 Å². The molecule has 6 nitrogen and oxygen atoms in total. The molecule has 0 bridgehead atoms. The van der Waals surface area contributed by atoms with Crippen molar-refractivity contribution in [1.29, 1.82) is 0 Å². The summed E-state index contributed by atoms with van der Waals surface area (Å²) >= 11 is 0. The first-order valence-corrected chi connectivity index (χ1v) is 6.00. The molecule has 1 heterocycles. The molecule has 0 spiro atoms. The summed E-state index contributed by atoms with van der Waals surface area (Å²) in [6, 6.07) is 2.43. The van der Waals surface area contributed by atoms with Gasteiger partial charge in [0.25, 0.3) is 5.91 Å². The smallest absolute Gasteiger partial charge is 0.326 e. The minimum Gasteiger partial charge on any atom is -0.480 e. The first-order valence-electron chi connectivity index (χ1n) is 6.00. The number of carboxylic acid groups (broad SMARTS) is 1. The third-order valence-corrected chi connectivity index (χ3v) is 2.69. The van der Waals surface area contributed by atoms with Gasteiger partial charge in [0.1, 0.15) is 11.9 Å². The van der Waals surface area contributed by atoms with Gasteiger partial charge in [-0.1, -0.05) is 13.8 Å². The van der Waals surface area contributed by atoms with Crippen molar-refractivity contribution in [2.24, 2.45) is 5.92 Å². The summed E-state index contributed by atoms with van der Waals surface area (Å²) < 4.78 is 0. The number of pyridine rings is 1. The molecule has 0 radical (unpaired) electrons. The summed E-state index contributed by atoms with van der Waals surface area (Å²) in [5, 5.41) is 11.5. The SMILES string of the molecule is CC(C)C(NC(=O)c1ccc(N(C)C)nc1)C(=O)O. The molecule has 1 atom stereocenters. The van der Waals surface area contributed by atoms with E-state index in [0.717, 1.165) is 5.82 Å². The lowest BCUT2D eigenvalue weighted by Gasteiger charge is -2.18. The molecular formula is C13H19N3O3. The first kappa shape index (κ1) is 14.9. The molecule has 1 aromatic rings. The highest BCUT2D eigenvalue weighted by molar-refractivity contribution is 5.96. The van der Waals surface area contributed by atoms with Crippen LogP contribution in [0.15, 0.2) is 18.3 Å². The Hall–Kier alpha value is -2.11. The molecule has 1 rings (SSSR count). The zero-order valence-electron chi connectivity index (χ0n) is 11.5. The Morgan fingerprint density at radius 3 is 2.32 bits per heavy atom. The molecule has 6 heteroatoms. The van der Waals surface area contributed by atoms with E-state index in [4.69, 9.17) is 5.11 Å². The van der Waals surface area contributed by atoms with Crippen molar-refractivity contribution >= 4 is 17.7 Å². The molecule has 2 N–H and O–H groups in total. The Bertz CT molecular complexity index is 455. The fraction of sp³-hybridized carbons (Fsp3) is 0.462. The first-order chi connectivity index (χ1) is 8.82. The van der Waals surface area contributed by atoms with Gasteiger partial charge in [0, 0.05) is 20.3 Å². The molecule has 0 aromatic carbocycles. The van der Waals surface area contributed by atoms with Crippen LogP contribution in [0.2, 0.25) is 0 Å². The highest BCUT2D eigenvalue weighted by Gasteiger charge is 2.23. The third kappa shape index (κ3) is 3.94. The van der Waals surface area contributed by atoms with Crippen molar-refractivity contribution in [3.63, 3.8) is 0 Å². The highest BCUT2D eigenvalue weighted by Crippen LogP contribution is 2.09. The van der Waals surface area contributed by atoms with Crippen LogP contribution >= 0.6 is 0 Å². The monoisotopic (exact) mass is 265 g/mol. The van der Waals surface area contributed by atoms with Gasteiger partial charge in [0.15, 0.2) is 0 Å². The molecule has 0 aliphatic heterocycles. The molecule has 0 aliphatic rings. The van der Waals surface area contributed by atoms with Crippen LogP contribution in [0, 0.1) is 5.92 Å². The molecular weight excluding hydrogens is 246 g/mol. The van der Waals surface area contributed by atoms with E-state index < -0.39 is 17.9 Å². The minimum atomic E-state index is -1.04. The second-order valence-corrected chi connectivity index (χ2v) is 4.83. The number of hydrogen-bond donors (Lipinski definition) is 2. The highest BCUT2D eigenvalue weighted by atomic mass is 16.4. The number of carbonyl (C=O) groups excluding carboxylic acids is 1. The number of amides is 1. The largest absolute Gasteiger partial charge is 0.480 e. The summed E-state index contributed by atoms with van der Waals surface area (Å²) in [6.45, 7) is 3.49. The van der Waals surface area contributed by atoms with Crippen LogP contribution in [-0.4, -0.2) is 42.1 Å². The van der Waals surface area contributed by atoms with Gasteiger partial charge in [-0.15, -0.1) is 0 Å². The van der Waals surface area contributed by atoms with E-state index in [2.05, 4.69) is 10.3 Å². The van der Waals surface area contributed by atoms with E-state index in [1.165, 1.54) is 6.20 Å². The average Bonchev–Trinajstić information content (AvgIpc) is 2.34. The van der Waals surface area contributed by atoms with Crippen molar-refractivity contribution in [1.82, 2.24) is 10.3 Å². The van der Waals surface area contributed by atoms with Crippen LogP contribution in [0.25, 0.3) is 0 Å². The van der Waals surface area contributed by atoms with E-state index in [0.29, 0.717) is 5.56 Å². The minimum absolute atomic E-state index is 0.185. The number of aliphatic carboxylic acids is 1. The zero-order valence-corrected chi connectivity index (χ0v) is 11.5. The number of carboxylic acids is 1. The predicted octanol–water partition coefficient (Wildman–Crippen LogP) is 0.987. The normalized spacial score (nSPS) is 12.1. The molecule has 0 saturated heterocycles. The number of nitrogens with one attached hydrogen (secondary N) is 1. The van der Waals surface area contributed by atoms with Gasteiger partial charge in [-0.2, -0.15) is 0 Å². The number of carbonyl (C=O) groups is 2. The van der Waals surface area contributed by atoms with Crippen LogP contribution in [0.5, 0.6) is 0 Å². The van der Waals surface area contributed by atoms with Gasteiger partial charge in [-0.3, -0.25) is 4.79 Å². The van der Waals surface area contributed by atoms with Crippen molar-refractivity contribution in [2.45, 2.75) is 19.9 Å². The number of anilines is 1. The predicted molar refractivity (Wildman–Crippen MR) is 72.3 cm³/mol. The molecule has 1 aromatic heterocycles. The topological polar surface area (TPSA) is 82.5 Å². The fourth-order valence-electron chi connectivity index (χ4n) is 1.52. The van der Waals surface area contributed by atoms with E-state index in [1.54, 1.807) is 26.0 Å². The van der Waals surface area contributed by atoms with E-state index in [-0.39, 0.29) is 5.92 Å². The van der Waals surface area contributed by atoms with E-state index in [1.807, 2.05) is 19.0 Å². The molecule has 1 amide bonds. The van der Waals surface area contributed by atoms with Crippen molar-refractivity contribution in [3.8, 4) is 0 Å². The van der Waals surface area contributed by atoms with Gasteiger partial charge in [0.05, 0.1) is 5.56 Å². The maximum absolute atomic E-state index is 11.9. The zero-order chi connectivity index (χ0) is 14.6. The molecule has 0 fully saturated rings. The maximum Gasteiger partial charge on any atom is 0.326 e. The maximum atomic E-state index is 11.9. The second-order valence-electron chi connectivity index (χ2n) is 4.83. The number of rotatable bonds is 5. The lowest BCUT2D eigenvalue weighted by molar-refractivity contribution is -0.140. The Morgan fingerprint density at radius 1 is 1.32 bits per heavy atom. The van der Waals surface area contributed by atoms with Gasteiger partial charge in [0.2, 0.25) is 0 Å². The van der Waals surface area contributed by atoms with Gasteiger partial charge in [-0.25, -0.2) is 9.78 Å². The quantitative estimate of drug-likeness (QED) is 0.829. The fourth-order valence-corrected chi connectivity index (χ4v) is 1.52. The van der Waals surface area contributed by atoms with Crippen molar-refractivity contribution in [3.05, 3.63) is 23.9 Å². The van der Waals surface area contributed by atoms with Gasteiger partial charge in [-0.05, 0) is 18.1 Å². The lowest BCUT2D eigenvalue weighted by Crippen LogP contribution is -2.44. The van der Waals surface area contributed by atoms with Gasteiger partial charge >= 0.3 is 5.97 Å². The Kier molecular flexibility index (Phi) is 4.86. The molecule has 0 saturated carbocycles. The van der Waals surface area contributed by atoms with Crippen LogP contribution in [0.1, 0.15) is 24.2 Å². The summed E-state index contributed by atoms with van der Waals surface area (Å²) in [7, 11) is 3.70. The summed E-state index contributed by atoms with van der Waals surface area (Å²) in [5.74, 6) is -0.925. The van der Waals surface area contributed by atoms with E-state index >= 15 is 0 Å². The third-order valence-electron chi connectivity index (χ3n) is 2.69. The Morgan fingerprint density at radius 2 is 1.95 bits per heavy atom. The molecule has 104 valence electrons.